The van der Waals surface area contributed by atoms with Gasteiger partial charge in [0.25, 0.3) is 0 Å². The van der Waals surface area contributed by atoms with E-state index in [2.05, 4.69) is 20.4 Å². The van der Waals surface area contributed by atoms with Crippen LogP contribution in [0.15, 0.2) is 24.7 Å². The molecule has 0 saturated carbocycles. The summed E-state index contributed by atoms with van der Waals surface area (Å²) in [6.45, 7) is 2.82. The SMILES string of the molecule is Cc1cnn(CCNc2nccc(C(F)(F)F)n2)c1. The number of rotatable bonds is 4. The summed E-state index contributed by atoms with van der Waals surface area (Å²) in [4.78, 5) is 7.14. The second kappa shape index (κ2) is 5.25. The molecule has 0 amide bonds. The Kier molecular flexibility index (Phi) is 3.68. The highest BCUT2D eigenvalue weighted by molar-refractivity contribution is 5.25. The van der Waals surface area contributed by atoms with Crippen molar-refractivity contribution in [3.63, 3.8) is 0 Å². The highest BCUT2D eigenvalue weighted by Gasteiger charge is 2.32. The Morgan fingerprint density at radius 2 is 2.16 bits per heavy atom. The molecule has 0 aliphatic heterocycles. The first-order chi connectivity index (χ1) is 8.95. The van der Waals surface area contributed by atoms with Crippen molar-refractivity contribution in [2.75, 3.05) is 11.9 Å². The molecule has 0 aliphatic carbocycles. The van der Waals surface area contributed by atoms with E-state index in [4.69, 9.17) is 0 Å². The Morgan fingerprint density at radius 1 is 1.37 bits per heavy atom. The van der Waals surface area contributed by atoms with Crippen LogP contribution in [0.3, 0.4) is 0 Å². The lowest BCUT2D eigenvalue weighted by atomic mass is 10.4. The fourth-order valence-corrected chi connectivity index (χ4v) is 1.47. The smallest absolute Gasteiger partial charge is 0.352 e. The first kappa shape index (κ1) is 13.3. The van der Waals surface area contributed by atoms with Gasteiger partial charge in [-0.25, -0.2) is 9.97 Å². The number of nitrogens with one attached hydrogen (secondary N) is 1. The second-order valence-electron chi connectivity index (χ2n) is 3.97. The molecule has 0 bridgehead atoms. The molecule has 2 aromatic heterocycles. The minimum atomic E-state index is -4.46. The molecule has 102 valence electrons. The van der Waals surface area contributed by atoms with Crippen molar-refractivity contribution in [3.8, 4) is 0 Å². The van der Waals surface area contributed by atoms with Crippen LogP contribution in [0.5, 0.6) is 0 Å². The molecule has 0 aliphatic rings. The fourth-order valence-electron chi connectivity index (χ4n) is 1.47. The number of alkyl halides is 3. The molecule has 0 saturated heterocycles. The van der Waals surface area contributed by atoms with E-state index in [-0.39, 0.29) is 5.95 Å². The van der Waals surface area contributed by atoms with Crippen molar-refractivity contribution in [2.24, 2.45) is 0 Å². The molecule has 2 rings (SSSR count). The Hall–Kier alpha value is -2.12. The van der Waals surface area contributed by atoms with Crippen LogP contribution in [0.4, 0.5) is 19.1 Å². The Morgan fingerprint density at radius 3 is 2.79 bits per heavy atom. The predicted octanol–water partition coefficient (Wildman–Crippen LogP) is 2.11. The molecule has 1 N–H and O–H groups in total. The van der Waals surface area contributed by atoms with Crippen molar-refractivity contribution >= 4 is 5.95 Å². The Bertz CT molecular complexity index is 549. The van der Waals surface area contributed by atoms with Crippen LogP contribution < -0.4 is 5.32 Å². The molecule has 0 radical (unpaired) electrons. The summed E-state index contributed by atoms with van der Waals surface area (Å²) in [7, 11) is 0. The summed E-state index contributed by atoms with van der Waals surface area (Å²) in [5.41, 5.74) is 0.0650. The van der Waals surface area contributed by atoms with Gasteiger partial charge in [-0.05, 0) is 18.6 Å². The third kappa shape index (κ3) is 3.67. The van der Waals surface area contributed by atoms with Crippen LogP contribution in [-0.4, -0.2) is 26.3 Å². The molecule has 2 aromatic rings. The van der Waals surface area contributed by atoms with Gasteiger partial charge in [0.2, 0.25) is 5.95 Å². The highest BCUT2D eigenvalue weighted by Crippen LogP contribution is 2.27. The molecule has 2 heterocycles. The Labute approximate surface area is 107 Å². The van der Waals surface area contributed by atoms with E-state index in [1.807, 2.05) is 13.1 Å². The van der Waals surface area contributed by atoms with E-state index in [0.717, 1.165) is 17.8 Å². The van der Waals surface area contributed by atoms with Gasteiger partial charge in [0.1, 0.15) is 5.69 Å². The number of aromatic nitrogens is 4. The van der Waals surface area contributed by atoms with Gasteiger partial charge >= 0.3 is 6.18 Å². The summed E-state index contributed by atoms with van der Waals surface area (Å²) in [6, 6.07) is 0.835. The van der Waals surface area contributed by atoms with Gasteiger partial charge in [-0.2, -0.15) is 18.3 Å². The zero-order chi connectivity index (χ0) is 13.9. The second-order valence-corrected chi connectivity index (χ2v) is 3.97. The lowest BCUT2D eigenvalue weighted by Gasteiger charge is -2.08. The summed E-state index contributed by atoms with van der Waals surface area (Å²) < 4.78 is 39.0. The average Bonchev–Trinajstić information content (AvgIpc) is 2.74. The van der Waals surface area contributed by atoms with E-state index in [1.54, 1.807) is 10.9 Å². The molecular formula is C11H12F3N5. The summed E-state index contributed by atoms with van der Waals surface area (Å²) in [5, 5.41) is 6.79. The molecular weight excluding hydrogens is 259 g/mol. The van der Waals surface area contributed by atoms with Crippen LogP contribution >= 0.6 is 0 Å². The fraction of sp³-hybridized carbons (Fsp3) is 0.364. The first-order valence-electron chi connectivity index (χ1n) is 5.58. The van der Waals surface area contributed by atoms with Crippen LogP contribution in [0.1, 0.15) is 11.3 Å². The highest BCUT2D eigenvalue weighted by atomic mass is 19.4. The maximum absolute atomic E-state index is 12.4. The lowest BCUT2D eigenvalue weighted by Crippen LogP contribution is -2.15. The van der Waals surface area contributed by atoms with Gasteiger partial charge in [-0.15, -0.1) is 0 Å². The summed E-state index contributed by atoms with van der Waals surface area (Å²) >= 11 is 0. The monoisotopic (exact) mass is 271 g/mol. The maximum Gasteiger partial charge on any atom is 0.433 e. The third-order valence-corrected chi connectivity index (χ3v) is 2.33. The quantitative estimate of drug-likeness (QED) is 0.925. The number of nitrogens with zero attached hydrogens (tertiary/aromatic N) is 4. The topological polar surface area (TPSA) is 55.6 Å². The predicted molar refractivity (Wildman–Crippen MR) is 62.5 cm³/mol. The maximum atomic E-state index is 12.4. The zero-order valence-corrected chi connectivity index (χ0v) is 10.1. The van der Waals surface area contributed by atoms with E-state index < -0.39 is 11.9 Å². The van der Waals surface area contributed by atoms with Gasteiger partial charge in [-0.1, -0.05) is 0 Å². The number of anilines is 1. The molecule has 0 aromatic carbocycles. The van der Waals surface area contributed by atoms with Crippen LogP contribution in [0, 0.1) is 6.92 Å². The van der Waals surface area contributed by atoms with Gasteiger partial charge in [0, 0.05) is 18.9 Å². The normalized spacial score (nSPS) is 11.6. The summed E-state index contributed by atoms with van der Waals surface area (Å²) in [5.74, 6) is -0.0429. The van der Waals surface area contributed by atoms with Gasteiger partial charge in [0.05, 0.1) is 12.7 Å². The van der Waals surface area contributed by atoms with Gasteiger partial charge in [-0.3, -0.25) is 4.68 Å². The van der Waals surface area contributed by atoms with Crippen molar-refractivity contribution < 1.29 is 13.2 Å². The van der Waals surface area contributed by atoms with Crippen molar-refractivity contribution in [1.82, 2.24) is 19.7 Å². The zero-order valence-electron chi connectivity index (χ0n) is 10.1. The standard InChI is InChI=1S/C11H12F3N5/c1-8-6-17-19(7-8)5-4-16-10-15-3-2-9(18-10)11(12,13)14/h2-3,6-7H,4-5H2,1H3,(H,15,16,18). The molecule has 0 atom stereocenters. The van der Waals surface area contributed by atoms with E-state index >= 15 is 0 Å². The number of aryl methyl sites for hydroxylation is 1. The number of halogens is 3. The average molecular weight is 271 g/mol. The van der Waals surface area contributed by atoms with Gasteiger partial charge in [0.15, 0.2) is 0 Å². The Balaban J connectivity index is 1.93. The van der Waals surface area contributed by atoms with E-state index in [0.29, 0.717) is 13.1 Å². The van der Waals surface area contributed by atoms with E-state index in [1.165, 1.54) is 0 Å². The molecule has 8 heteroatoms. The van der Waals surface area contributed by atoms with Crippen LogP contribution in [-0.2, 0) is 12.7 Å². The number of hydrogen-bond acceptors (Lipinski definition) is 4. The minimum Gasteiger partial charge on any atom is -0.352 e. The van der Waals surface area contributed by atoms with Crippen LogP contribution in [0.2, 0.25) is 0 Å². The molecule has 0 spiro atoms. The number of hydrogen-bond donors (Lipinski definition) is 1. The van der Waals surface area contributed by atoms with Crippen molar-refractivity contribution in [3.05, 3.63) is 35.9 Å². The van der Waals surface area contributed by atoms with Crippen LogP contribution in [0.25, 0.3) is 0 Å². The van der Waals surface area contributed by atoms with Gasteiger partial charge < -0.3 is 5.32 Å². The molecule has 0 fully saturated rings. The lowest BCUT2D eigenvalue weighted by molar-refractivity contribution is -0.141. The first-order valence-corrected chi connectivity index (χ1v) is 5.58. The third-order valence-electron chi connectivity index (χ3n) is 2.33. The largest absolute Gasteiger partial charge is 0.433 e. The molecule has 0 unspecified atom stereocenters. The molecule has 19 heavy (non-hydrogen) atoms. The minimum absolute atomic E-state index is 0.0429. The van der Waals surface area contributed by atoms with Crippen molar-refractivity contribution in [1.29, 1.82) is 0 Å². The van der Waals surface area contributed by atoms with Crippen molar-refractivity contribution in [2.45, 2.75) is 19.6 Å². The molecule has 5 nitrogen and oxygen atoms in total. The van der Waals surface area contributed by atoms with E-state index in [9.17, 15) is 13.2 Å². The summed E-state index contributed by atoms with van der Waals surface area (Å²) in [6.07, 6.45) is 0.171.